The monoisotopic (exact) mass is 228 g/mol. The molecule has 2 aliphatic rings. The SMILES string of the molecule is C1COC(CCNCCC2COCCN2)C1. The molecule has 0 aromatic carbocycles. The molecule has 0 radical (unpaired) electrons. The van der Waals surface area contributed by atoms with E-state index in [4.69, 9.17) is 9.47 Å². The van der Waals surface area contributed by atoms with E-state index < -0.39 is 0 Å². The van der Waals surface area contributed by atoms with Gasteiger partial charge in [0.25, 0.3) is 0 Å². The van der Waals surface area contributed by atoms with Gasteiger partial charge in [0.1, 0.15) is 0 Å². The van der Waals surface area contributed by atoms with Crippen LogP contribution in [0.5, 0.6) is 0 Å². The third-order valence-corrected chi connectivity index (χ3v) is 3.34. The molecule has 2 heterocycles. The van der Waals surface area contributed by atoms with Crippen molar-refractivity contribution in [3.8, 4) is 0 Å². The van der Waals surface area contributed by atoms with Crippen LogP contribution < -0.4 is 10.6 Å². The fourth-order valence-corrected chi connectivity index (χ4v) is 2.34. The maximum absolute atomic E-state index is 5.58. The molecule has 4 nitrogen and oxygen atoms in total. The summed E-state index contributed by atoms with van der Waals surface area (Å²) in [5.74, 6) is 0. The van der Waals surface area contributed by atoms with E-state index in [9.17, 15) is 0 Å². The summed E-state index contributed by atoms with van der Waals surface area (Å²) in [4.78, 5) is 0. The lowest BCUT2D eigenvalue weighted by Gasteiger charge is -2.23. The van der Waals surface area contributed by atoms with Gasteiger partial charge >= 0.3 is 0 Å². The molecule has 2 N–H and O–H groups in total. The molecule has 94 valence electrons. The molecule has 2 atom stereocenters. The molecule has 0 amide bonds. The van der Waals surface area contributed by atoms with E-state index in [1.54, 1.807) is 0 Å². The summed E-state index contributed by atoms with van der Waals surface area (Å²) in [6.45, 7) is 5.86. The third kappa shape index (κ3) is 4.37. The Morgan fingerprint density at radius 2 is 2.12 bits per heavy atom. The molecule has 0 aromatic rings. The Bertz CT molecular complexity index is 178. The zero-order valence-corrected chi connectivity index (χ0v) is 10.0. The molecule has 0 spiro atoms. The van der Waals surface area contributed by atoms with Gasteiger partial charge in [0, 0.05) is 19.2 Å². The van der Waals surface area contributed by atoms with E-state index in [1.165, 1.54) is 12.8 Å². The van der Waals surface area contributed by atoms with Crippen LogP contribution in [0, 0.1) is 0 Å². The zero-order chi connectivity index (χ0) is 11.1. The van der Waals surface area contributed by atoms with Crippen molar-refractivity contribution in [3.05, 3.63) is 0 Å². The summed E-state index contributed by atoms with van der Waals surface area (Å²) >= 11 is 0. The molecule has 16 heavy (non-hydrogen) atoms. The van der Waals surface area contributed by atoms with Crippen molar-refractivity contribution in [2.75, 3.05) is 39.5 Å². The molecule has 0 aromatic heterocycles. The van der Waals surface area contributed by atoms with E-state index in [0.717, 1.165) is 52.3 Å². The third-order valence-electron chi connectivity index (χ3n) is 3.34. The number of ether oxygens (including phenoxy) is 2. The van der Waals surface area contributed by atoms with Crippen molar-refractivity contribution >= 4 is 0 Å². The first kappa shape index (κ1) is 12.3. The molecule has 2 rings (SSSR count). The second kappa shape index (κ2) is 7.22. The van der Waals surface area contributed by atoms with Crippen LogP contribution in [-0.4, -0.2) is 51.6 Å². The molecular formula is C12H24N2O2. The highest BCUT2D eigenvalue weighted by Crippen LogP contribution is 2.14. The molecule has 2 aliphatic heterocycles. The minimum atomic E-state index is 0.517. The topological polar surface area (TPSA) is 42.5 Å². The van der Waals surface area contributed by atoms with Crippen LogP contribution in [0.25, 0.3) is 0 Å². The summed E-state index contributed by atoms with van der Waals surface area (Å²) in [5.41, 5.74) is 0. The van der Waals surface area contributed by atoms with Gasteiger partial charge in [-0.25, -0.2) is 0 Å². The van der Waals surface area contributed by atoms with Gasteiger partial charge in [-0.2, -0.15) is 0 Å². The summed E-state index contributed by atoms with van der Waals surface area (Å²) in [6, 6.07) is 0.545. The Morgan fingerprint density at radius 3 is 2.88 bits per heavy atom. The van der Waals surface area contributed by atoms with E-state index in [1.807, 2.05) is 0 Å². The average Bonchev–Trinajstić information content (AvgIpc) is 2.83. The lowest BCUT2D eigenvalue weighted by molar-refractivity contribution is 0.0739. The first-order valence-electron chi connectivity index (χ1n) is 6.58. The van der Waals surface area contributed by atoms with Crippen molar-refractivity contribution in [3.63, 3.8) is 0 Å². The maximum Gasteiger partial charge on any atom is 0.0620 e. The summed E-state index contributed by atoms with van der Waals surface area (Å²) in [5, 5.41) is 6.95. The Morgan fingerprint density at radius 1 is 1.19 bits per heavy atom. The molecule has 2 fully saturated rings. The fraction of sp³-hybridized carbons (Fsp3) is 1.00. The number of hydrogen-bond acceptors (Lipinski definition) is 4. The minimum Gasteiger partial charge on any atom is -0.379 e. The van der Waals surface area contributed by atoms with Crippen molar-refractivity contribution in [1.29, 1.82) is 0 Å². The second-order valence-electron chi connectivity index (χ2n) is 4.69. The first-order chi connectivity index (χ1) is 7.95. The fourth-order valence-electron chi connectivity index (χ4n) is 2.34. The van der Waals surface area contributed by atoms with Crippen LogP contribution in [0.2, 0.25) is 0 Å². The van der Waals surface area contributed by atoms with Crippen LogP contribution in [0.1, 0.15) is 25.7 Å². The quantitative estimate of drug-likeness (QED) is 0.651. The Labute approximate surface area is 98.1 Å². The smallest absolute Gasteiger partial charge is 0.0620 e. The Balaban J connectivity index is 1.42. The summed E-state index contributed by atoms with van der Waals surface area (Å²) in [7, 11) is 0. The largest absolute Gasteiger partial charge is 0.379 e. The summed E-state index contributed by atoms with van der Waals surface area (Å²) in [6.07, 6.45) is 5.33. The molecule has 2 saturated heterocycles. The molecule has 2 unspecified atom stereocenters. The molecule has 0 bridgehead atoms. The van der Waals surface area contributed by atoms with Gasteiger partial charge in [-0.1, -0.05) is 0 Å². The standard InChI is InChI=1S/C12H24N2O2/c1-2-12(16-8-1)4-6-13-5-3-11-10-15-9-7-14-11/h11-14H,1-10H2. The van der Waals surface area contributed by atoms with E-state index >= 15 is 0 Å². The van der Waals surface area contributed by atoms with Crippen LogP contribution >= 0.6 is 0 Å². The lowest BCUT2D eigenvalue weighted by atomic mass is 10.1. The van der Waals surface area contributed by atoms with Crippen molar-refractivity contribution in [2.45, 2.75) is 37.8 Å². The summed E-state index contributed by atoms with van der Waals surface area (Å²) < 4.78 is 11.0. The van der Waals surface area contributed by atoms with Gasteiger partial charge < -0.3 is 20.1 Å². The van der Waals surface area contributed by atoms with E-state index in [0.29, 0.717) is 12.1 Å². The predicted molar refractivity (Wildman–Crippen MR) is 63.7 cm³/mol. The zero-order valence-electron chi connectivity index (χ0n) is 10.0. The van der Waals surface area contributed by atoms with E-state index in [2.05, 4.69) is 10.6 Å². The van der Waals surface area contributed by atoms with Gasteiger partial charge in [-0.05, 0) is 38.8 Å². The Hall–Kier alpha value is -0.160. The van der Waals surface area contributed by atoms with Crippen molar-refractivity contribution < 1.29 is 9.47 Å². The normalized spacial score (nSPS) is 30.8. The molecule has 0 aliphatic carbocycles. The number of nitrogens with one attached hydrogen (secondary N) is 2. The van der Waals surface area contributed by atoms with Crippen molar-refractivity contribution in [1.82, 2.24) is 10.6 Å². The minimum absolute atomic E-state index is 0.517. The molecule has 4 heteroatoms. The highest BCUT2D eigenvalue weighted by molar-refractivity contribution is 4.71. The van der Waals surface area contributed by atoms with Crippen molar-refractivity contribution in [2.24, 2.45) is 0 Å². The van der Waals surface area contributed by atoms with Crippen LogP contribution in [0.15, 0.2) is 0 Å². The Kier molecular flexibility index (Phi) is 5.55. The highest BCUT2D eigenvalue weighted by atomic mass is 16.5. The van der Waals surface area contributed by atoms with E-state index in [-0.39, 0.29) is 0 Å². The average molecular weight is 228 g/mol. The van der Waals surface area contributed by atoms with Gasteiger partial charge in [0.05, 0.1) is 19.3 Å². The van der Waals surface area contributed by atoms with Gasteiger partial charge in [-0.15, -0.1) is 0 Å². The predicted octanol–water partition coefficient (Wildman–Crippen LogP) is 0.524. The second-order valence-corrected chi connectivity index (χ2v) is 4.69. The van der Waals surface area contributed by atoms with Crippen LogP contribution in [0.4, 0.5) is 0 Å². The molecular weight excluding hydrogens is 204 g/mol. The molecule has 0 saturated carbocycles. The van der Waals surface area contributed by atoms with Gasteiger partial charge in [0.15, 0.2) is 0 Å². The first-order valence-corrected chi connectivity index (χ1v) is 6.58. The number of hydrogen-bond donors (Lipinski definition) is 2. The van der Waals surface area contributed by atoms with Crippen LogP contribution in [-0.2, 0) is 9.47 Å². The van der Waals surface area contributed by atoms with Gasteiger partial charge in [-0.3, -0.25) is 0 Å². The maximum atomic E-state index is 5.58. The number of morpholine rings is 1. The number of rotatable bonds is 6. The highest BCUT2D eigenvalue weighted by Gasteiger charge is 2.15. The lowest BCUT2D eigenvalue weighted by Crippen LogP contribution is -2.42. The van der Waals surface area contributed by atoms with Gasteiger partial charge in [0.2, 0.25) is 0 Å². The van der Waals surface area contributed by atoms with Crippen LogP contribution in [0.3, 0.4) is 0 Å².